The second-order valence-electron chi connectivity index (χ2n) is 10.2. The molecule has 2 aromatic heterocycles. The van der Waals surface area contributed by atoms with Gasteiger partial charge in [-0.3, -0.25) is 9.78 Å². The van der Waals surface area contributed by atoms with Crippen LogP contribution in [0.3, 0.4) is 0 Å². The molecule has 2 aliphatic carbocycles. The molecule has 0 radical (unpaired) electrons. The van der Waals surface area contributed by atoms with Crippen LogP contribution in [0, 0.1) is 17.0 Å². The van der Waals surface area contributed by atoms with E-state index in [1.165, 1.54) is 24.4 Å². The quantitative estimate of drug-likeness (QED) is 0.473. The van der Waals surface area contributed by atoms with Gasteiger partial charge in [0.05, 0.1) is 40.4 Å². The number of carbonyl (C=O) groups excluding carboxylic acids is 1. The van der Waals surface area contributed by atoms with E-state index >= 15 is 0 Å². The van der Waals surface area contributed by atoms with Gasteiger partial charge in [-0.2, -0.15) is 5.10 Å². The number of aliphatic hydroxyl groups is 1. The number of fused-ring (bicyclic) bond motifs is 5. The van der Waals surface area contributed by atoms with Crippen molar-refractivity contribution in [3.8, 4) is 11.3 Å². The Labute approximate surface area is 202 Å². The summed E-state index contributed by atoms with van der Waals surface area (Å²) in [6.07, 6.45) is 5.41. The lowest BCUT2D eigenvalue weighted by atomic mass is 9.66. The first kappa shape index (κ1) is 23.6. The molecule has 35 heavy (non-hydrogen) atoms. The molecule has 1 N–H and O–H groups in total. The number of aromatic nitrogens is 4. The van der Waals surface area contributed by atoms with Gasteiger partial charge < -0.3 is 5.11 Å². The fourth-order valence-corrected chi connectivity index (χ4v) is 6.09. The molecule has 3 aromatic rings. The molecule has 0 unspecified atom stereocenters. The minimum absolute atomic E-state index is 0.0995. The molecular formula is C27H28F2N4O2. The minimum Gasteiger partial charge on any atom is -0.393 e. The third kappa shape index (κ3) is 3.49. The van der Waals surface area contributed by atoms with Crippen LogP contribution in [0.2, 0.25) is 0 Å². The SMILES string of the molecule is CC[C@H](O)CCC(=O)c1cncc([C@@]23CC[C@@H](c4cc(-c5c(F)cccc5F)nnc42)C3(C)C)n1. The molecule has 0 aliphatic heterocycles. The fourth-order valence-electron chi connectivity index (χ4n) is 6.09. The first-order valence-electron chi connectivity index (χ1n) is 12.1. The molecule has 0 saturated heterocycles. The zero-order valence-corrected chi connectivity index (χ0v) is 20.1. The zero-order chi connectivity index (χ0) is 25.0. The second kappa shape index (κ2) is 8.52. The summed E-state index contributed by atoms with van der Waals surface area (Å²) in [6, 6.07) is 5.50. The van der Waals surface area contributed by atoms with Crippen LogP contribution in [-0.2, 0) is 5.41 Å². The molecule has 0 amide bonds. The molecule has 2 bridgehead atoms. The van der Waals surface area contributed by atoms with Gasteiger partial charge in [-0.15, -0.1) is 5.10 Å². The molecule has 6 nitrogen and oxygen atoms in total. The van der Waals surface area contributed by atoms with Crippen molar-refractivity contribution in [1.82, 2.24) is 20.2 Å². The Morgan fingerprint density at radius 3 is 2.66 bits per heavy atom. The fraction of sp³-hybridized carbons (Fsp3) is 0.444. The number of ketones is 1. The van der Waals surface area contributed by atoms with Gasteiger partial charge in [-0.25, -0.2) is 13.8 Å². The van der Waals surface area contributed by atoms with E-state index in [-0.39, 0.29) is 40.5 Å². The number of Topliss-reactive ketones (excluding diaryl/α,β-unsaturated/α-hetero) is 1. The summed E-state index contributed by atoms with van der Waals surface area (Å²) in [5.41, 5.74) is 1.64. The predicted octanol–water partition coefficient (Wildman–Crippen LogP) is 5.15. The minimum atomic E-state index is -0.679. The molecular weight excluding hydrogens is 450 g/mol. The van der Waals surface area contributed by atoms with E-state index in [0.717, 1.165) is 24.1 Å². The second-order valence-corrected chi connectivity index (χ2v) is 10.2. The van der Waals surface area contributed by atoms with Crippen molar-refractivity contribution < 1.29 is 18.7 Å². The highest BCUT2D eigenvalue weighted by Gasteiger charge is 2.65. The molecule has 3 atom stereocenters. The smallest absolute Gasteiger partial charge is 0.182 e. The number of carbonyl (C=O) groups is 1. The van der Waals surface area contributed by atoms with Crippen LogP contribution < -0.4 is 0 Å². The van der Waals surface area contributed by atoms with E-state index in [0.29, 0.717) is 18.5 Å². The van der Waals surface area contributed by atoms with Crippen molar-refractivity contribution in [2.24, 2.45) is 5.41 Å². The molecule has 0 spiro atoms. The highest BCUT2D eigenvalue weighted by atomic mass is 19.1. The summed E-state index contributed by atoms with van der Waals surface area (Å²) in [4.78, 5) is 21.9. The van der Waals surface area contributed by atoms with Gasteiger partial charge in [0.25, 0.3) is 0 Å². The third-order valence-electron chi connectivity index (χ3n) is 8.13. The normalized spacial score (nSPS) is 22.7. The Balaban J connectivity index is 1.57. The highest BCUT2D eigenvalue weighted by molar-refractivity contribution is 5.94. The van der Waals surface area contributed by atoms with Crippen LogP contribution in [-0.4, -0.2) is 37.2 Å². The lowest BCUT2D eigenvalue weighted by Gasteiger charge is -2.37. The van der Waals surface area contributed by atoms with Crippen LogP contribution in [0.15, 0.2) is 36.7 Å². The van der Waals surface area contributed by atoms with Crippen molar-refractivity contribution in [2.45, 2.75) is 70.3 Å². The van der Waals surface area contributed by atoms with E-state index in [2.05, 4.69) is 29.0 Å². The van der Waals surface area contributed by atoms with Gasteiger partial charge in [0.15, 0.2) is 5.78 Å². The van der Waals surface area contributed by atoms with E-state index in [1.54, 1.807) is 12.3 Å². The number of halogens is 2. The van der Waals surface area contributed by atoms with E-state index in [4.69, 9.17) is 4.98 Å². The summed E-state index contributed by atoms with van der Waals surface area (Å²) < 4.78 is 28.9. The van der Waals surface area contributed by atoms with Crippen LogP contribution in [0.5, 0.6) is 0 Å². The molecule has 5 rings (SSSR count). The molecule has 8 heteroatoms. The van der Waals surface area contributed by atoms with Gasteiger partial charge in [0.1, 0.15) is 17.3 Å². The molecule has 1 aromatic carbocycles. The van der Waals surface area contributed by atoms with Gasteiger partial charge in [-0.1, -0.05) is 26.8 Å². The molecule has 2 heterocycles. The number of nitrogens with zero attached hydrogens (tertiary/aromatic N) is 4. The van der Waals surface area contributed by atoms with Crippen molar-refractivity contribution in [2.75, 3.05) is 0 Å². The number of aliphatic hydroxyl groups excluding tert-OH is 1. The summed E-state index contributed by atoms with van der Waals surface area (Å²) in [7, 11) is 0. The number of hydrogen-bond acceptors (Lipinski definition) is 6. The maximum absolute atomic E-state index is 14.5. The Bertz CT molecular complexity index is 1290. The number of hydrogen-bond donors (Lipinski definition) is 1. The zero-order valence-electron chi connectivity index (χ0n) is 20.1. The average molecular weight is 479 g/mol. The van der Waals surface area contributed by atoms with Gasteiger partial charge in [0.2, 0.25) is 0 Å². The molecule has 1 saturated carbocycles. The van der Waals surface area contributed by atoms with Crippen molar-refractivity contribution in [3.05, 3.63) is 70.9 Å². The van der Waals surface area contributed by atoms with Crippen LogP contribution >= 0.6 is 0 Å². The molecule has 1 fully saturated rings. The van der Waals surface area contributed by atoms with E-state index in [1.807, 2.05) is 6.92 Å². The first-order chi connectivity index (χ1) is 16.7. The third-order valence-corrected chi connectivity index (χ3v) is 8.13. The van der Waals surface area contributed by atoms with E-state index in [9.17, 15) is 18.7 Å². The van der Waals surface area contributed by atoms with Crippen molar-refractivity contribution in [3.63, 3.8) is 0 Å². The Hall–Kier alpha value is -3.13. The largest absolute Gasteiger partial charge is 0.393 e. The summed E-state index contributed by atoms with van der Waals surface area (Å²) in [5, 5.41) is 18.6. The molecule has 182 valence electrons. The summed E-state index contributed by atoms with van der Waals surface area (Å²) in [5.74, 6) is -1.42. The number of rotatable bonds is 7. The Kier molecular flexibility index (Phi) is 5.74. The summed E-state index contributed by atoms with van der Waals surface area (Å²) >= 11 is 0. The van der Waals surface area contributed by atoms with E-state index < -0.39 is 23.2 Å². The Morgan fingerprint density at radius 2 is 1.94 bits per heavy atom. The summed E-state index contributed by atoms with van der Waals surface area (Å²) in [6.45, 7) is 6.16. The van der Waals surface area contributed by atoms with Crippen molar-refractivity contribution in [1.29, 1.82) is 0 Å². The standard InChI is InChI=1S/C27H28F2N4O2/c1-4-15(34)8-9-22(35)21-13-30-14-23(31-21)27-11-10-17(26(27,2)3)16-12-20(32-33-25(16)27)24-18(28)6-5-7-19(24)29/h5-7,12-15,17,34H,4,8-11H2,1-3H3/t15-,17-,27-/m0/s1. The maximum Gasteiger partial charge on any atom is 0.182 e. The first-order valence-corrected chi connectivity index (χ1v) is 12.1. The van der Waals surface area contributed by atoms with Crippen molar-refractivity contribution >= 4 is 5.78 Å². The molecule has 2 aliphatic rings. The monoisotopic (exact) mass is 478 g/mol. The van der Waals surface area contributed by atoms with Gasteiger partial charge in [0, 0.05) is 12.6 Å². The lowest BCUT2D eigenvalue weighted by molar-refractivity contribution is 0.0931. The van der Waals surface area contributed by atoms with Crippen LogP contribution in [0.4, 0.5) is 8.78 Å². The van der Waals surface area contributed by atoms with Crippen LogP contribution in [0.1, 0.15) is 86.2 Å². The predicted molar refractivity (Wildman–Crippen MR) is 126 cm³/mol. The maximum atomic E-state index is 14.5. The van der Waals surface area contributed by atoms with Crippen LogP contribution in [0.25, 0.3) is 11.3 Å². The van der Waals surface area contributed by atoms with Gasteiger partial charge in [-0.05, 0) is 60.8 Å². The average Bonchev–Trinajstić information content (AvgIpc) is 3.23. The Morgan fingerprint density at radius 1 is 1.20 bits per heavy atom. The highest BCUT2D eigenvalue weighted by Crippen LogP contribution is 2.69. The topological polar surface area (TPSA) is 88.9 Å². The number of benzene rings is 1. The van der Waals surface area contributed by atoms with Gasteiger partial charge >= 0.3 is 0 Å². The lowest BCUT2D eigenvalue weighted by Crippen LogP contribution is -2.38.